The number of alkyl halides is 3. The summed E-state index contributed by atoms with van der Waals surface area (Å²) >= 11 is 0. The number of nitrogens with one attached hydrogen (secondary N) is 1. The number of pyridine rings is 1. The first-order valence-electron chi connectivity index (χ1n) is 9.42. The standard InChI is InChI=1S/C19H14F3N5O6S/c20-19(21,22)17-26-15(33-27-17)11-4-3-9(7-25-11)6-10-2-1-5-24-16-13(10)14(28)12(32-18(23)29)8-34(16,30)31/h1-5,7,12,24H,6,8H2,(H2,23,29). The summed E-state index contributed by atoms with van der Waals surface area (Å²) in [4.78, 5) is 31.4. The molecule has 15 heteroatoms. The highest BCUT2D eigenvalue weighted by atomic mass is 32.2. The maximum Gasteiger partial charge on any atom is 0.455 e. The average Bonchev–Trinajstić information content (AvgIpc) is 3.15. The van der Waals surface area contributed by atoms with Gasteiger partial charge in [-0.25, -0.2) is 13.2 Å². The first kappa shape index (κ1) is 23.2. The van der Waals surface area contributed by atoms with Crippen molar-refractivity contribution in [3.05, 3.63) is 64.2 Å². The van der Waals surface area contributed by atoms with Gasteiger partial charge in [0.25, 0.3) is 11.7 Å². The van der Waals surface area contributed by atoms with Crippen LogP contribution in [-0.4, -0.2) is 47.3 Å². The van der Waals surface area contributed by atoms with Crippen molar-refractivity contribution in [1.29, 1.82) is 0 Å². The van der Waals surface area contributed by atoms with Gasteiger partial charge in [-0.15, -0.1) is 0 Å². The van der Waals surface area contributed by atoms with Gasteiger partial charge in [0.2, 0.25) is 5.78 Å². The monoisotopic (exact) mass is 497 g/mol. The highest BCUT2D eigenvalue weighted by Crippen LogP contribution is 2.32. The van der Waals surface area contributed by atoms with Crippen LogP contribution in [-0.2, 0) is 32.0 Å². The lowest BCUT2D eigenvalue weighted by Crippen LogP contribution is -2.43. The van der Waals surface area contributed by atoms with E-state index < -0.39 is 51.5 Å². The molecule has 1 amide bonds. The van der Waals surface area contributed by atoms with Crippen LogP contribution in [0.4, 0.5) is 18.0 Å². The Morgan fingerprint density at radius 3 is 2.71 bits per heavy atom. The number of ether oxygens (including phenoxy) is 1. The minimum absolute atomic E-state index is 0.0142. The van der Waals surface area contributed by atoms with Crippen molar-refractivity contribution in [1.82, 2.24) is 20.4 Å². The Kier molecular flexibility index (Phi) is 5.72. The van der Waals surface area contributed by atoms with Crippen molar-refractivity contribution in [3.8, 4) is 11.6 Å². The van der Waals surface area contributed by atoms with Gasteiger partial charge in [-0.05, 0) is 29.7 Å². The molecule has 0 bridgehead atoms. The molecule has 178 valence electrons. The average molecular weight is 497 g/mol. The summed E-state index contributed by atoms with van der Waals surface area (Å²) < 4.78 is 72.7. The third kappa shape index (κ3) is 4.54. The second-order valence-corrected chi connectivity index (χ2v) is 9.09. The fraction of sp³-hybridized carbons (Fsp3) is 0.211. The summed E-state index contributed by atoms with van der Waals surface area (Å²) in [5.41, 5.74) is 5.50. The third-order valence-corrected chi connectivity index (χ3v) is 6.44. The smallest absolute Gasteiger partial charge is 0.437 e. The van der Waals surface area contributed by atoms with Gasteiger partial charge in [0.1, 0.15) is 16.5 Å². The Hall–Kier alpha value is -4.01. The first-order chi connectivity index (χ1) is 16.0. The lowest BCUT2D eigenvalue weighted by atomic mass is 9.94. The van der Waals surface area contributed by atoms with Crippen molar-refractivity contribution in [2.75, 3.05) is 5.75 Å². The SMILES string of the molecule is NC(=O)OC1CS(=O)(=O)C2=C(C1=O)C(Cc1ccc(-c3nc(C(F)(F)F)no3)nc1)=CC=CN2. The largest absolute Gasteiger partial charge is 0.455 e. The van der Waals surface area contributed by atoms with E-state index in [1.165, 1.54) is 36.7 Å². The van der Waals surface area contributed by atoms with E-state index in [2.05, 4.69) is 25.0 Å². The van der Waals surface area contributed by atoms with E-state index >= 15 is 0 Å². The van der Waals surface area contributed by atoms with Crippen molar-refractivity contribution >= 4 is 21.7 Å². The minimum Gasteiger partial charge on any atom is -0.437 e. The van der Waals surface area contributed by atoms with Gasteiger partial charge in [0.05, 0.1) is 5.57 Å². The van der Waals surface area contributed by atoms with E-state index in [1.807, 2.05) is 0 Å². The molecule has 2 aliphatic heterocycles. The van der Waals surface area contributed by atoms with Crippen LogP contribution in [0.25, 0.3) is 11.6 Å². The fourth-order valence-corrected chi connectivity index (χ4v) is 4.89. The predicted molar refractivity (Wildman–Crippen MR) is 107 cm³/mol. The van der Waals surface area contributed by atoms with Crippen LogP contribution < -0.4 is 11.1 Å². The molecule has 2 aromatic heterocycles. The van der Waals surface area contributed by atoms with Crippen LogP contribution in [0, 0.1) is 0 Å². The molecule has 34 heavy (non-hydrogen) atoms. The molecule has 0 aromatic carbocycles. The molecule has 3 N–H and O–H groups in total. The van der Waals surface area contributed by atoms with Gasteiger partial charge >= 0.3 is 12.3 Å². The molecule has 2 aromatic rings. The highest BCUT2D eigenvalue weighted by molar-refractivity contribution is 7.95. The number of halogens is 3. The molecular formula is C19H14F3N5O6S. The van der Waals surface area contributed by atoms with Crippen LogP contribution >= 0.6 is 0 Å². The number of aromatic nitrogens is 3. The Morgan fingerprint density at radius 2 is 2.09 bits per heavy atom. The second-order valence-electron chi connectivity index (χ2n) is 7.12. The normalized spacial score (nSPS) is 19.7. The van der Waals surface area contributed by atoms with Gasteiger partial charge in [0, 0.05) is 12.4 Å². The van der Waals surface area contributed by atoms with Crippen molar-refractivity contribution < 1.29 is 40.4 Å². The number of carbonyl (C=O) groups excluding carboxylic acids is 2. The van der Waals surface area contributed by atoms with E-state index in [4.69, 9.17) is 10.5 Å². The van der Waals surface area contributed by atoms with E-state index in [0.29, 0.717) is 5.56 Å². The van der Waals surface area contributed by atoms with E-state index in [-0.39, 0.29) is 28.3 Å². The summed E-state index contributed by atoms with van der Waals surface area (Å²) in [6, 6.07) is 2.82. The summed E-state index contributed by atoms with van der Waals surface area (Å²) in [6.07, 6.45) is -2.05. The first-order valence-corrected chi connectivity index (χ1v) is 11.1. The zero-order chi connectivity index (χ0) is 24.7. The topological polar surface area (TPSA) is 167 Å². The van der Waals surface area contributed by atoms with Gasteiger partial charge in [-0.1, -0.05) is 17.3 Å². The molecule has 0 saturated carbocycles. The lowest BCUT2D eigenvalue weighted by molar-refractivity contribution is -0.146. The van der Waals surface area contributed by atoms with Crippen molar-refractivity contribution in [3.63, 3.8) is 0 Å². The van der Waals surface area contributed by atoms with Crippen LogP contribution in [0.15, 0.2) is 57.4 Å². The number of hydrogen-bond acceptors (Lipinski definition) is 10. The van der Waals surface area contributed by atoms with Gasteiger partial charge in [0.15, 0.2) is 15.9 Å². The van der Waals surface area contributed by atoms with Gasteiger partial charge in [-0.3, -0.25) is 9.78 Å². The summed E-state index contributed by atoms with van der Waals surface area (Å²) in [5.74, 6) is -3.39. The van der Waals surface area contributed by atoms with Crippen LogP contribution in [0.3, 0.4) is 0 Å². The molecule has 1 unspecified atom stereocenters. The molecule has 4 rings (SSSR count). The van der Waals surface area contributed by atoms with E-state index in [1.54, 1.807) is 0 Å². The summed E-state index contributed by atoms with van der Waals surface area (Å²) in [7, 11) is -4.02. The van der Waals surface area contributed by atoms with Gasteiger partial charge in [-0.2, -0.15) is 18.2 Å². The number of ketones is 1. The second kappa shape index (κ2) is 8.40. The number of nitrogens with zero attached hydrogens (tertiary/aromatic N) is 3. The van der Waals surface area contributed by atoms with Crippen molar-refractivity contribution in [2.45, 2.75) is 18.7 Å². The van der Waals surface area contributed by atoms with Crippen LogP contribution in [0.5, 0.6) is 0 Å². The predicted octanol–water partition coefficient (Wildman–Crippen LogP) is 1.41. The molecule has 4 heterocycles. The number of allylic oxidation sites excluding steroid dienone is 3. The van der Waals surface area contributed by atoms with Gasteiger partial charge < -0.3 is 20.3 Å². The Bertz CT molecular complexity index is 1360. The number of sulfone groups is 1. The van der Waals surface area contributed by atoms with E-state index in [0.717, 1.165) is 0 Å². The third-order valence-electron chi connectivity index (χ3n) is 4.75. The molecule has 11 nitrogen and oxygen atoms in total. The number of amides is 1. The molecule has 2 aliphatic rings. The van der Waals surface area contributed by atoms with Crippen LogP contribution in [0.2, 0.25) is 0 Å². The minimum atomic E-state index is -4.77. The number of carbonyl (C=O) groups is 2. The summed E-state index contributed by atoms with van der Waals surface area (Å²) in [6.45, 7) is 0. The number of hydrogen-bond donors (Lipinski definition) is 2. The number of nitrogens with two attached hydrogens (primary N) is 1. The highest BCUT2D eigenvalue weighted by Gasteiger charge is 2.42. The molecule has 0 saturated heterocycles. The van der Waals surface area contributed by atoms with Crippen molar-refractivity contribution in [2.24, 2.45) is 5.73 Å². The quantitative estimate of drug-likeness (QED) is 0.630. The van der Waals surface area contributed by atoms with Crippen LogP contribution in [0.1, 0.15) is 11.4 Å². The fourth-order valence-electron chi connectivity index (χ4n) is 3.32. The Morgan fingerprint density at radius 1 is 1.32 bits per heavy atom. The number of primary amides is 1. The summed E-state index contributed by atoms with van der Waals surface area (Å²) in [5, 5.41) is 5.10. The zero-order valence-corrected chi connectivity index (χ0v) is 17.7. The number of rotatable bonds is 4. The molecule has 1 atom stereocenters. The molecule has 0 radical (unpaired) electrons. The number of Topliss-reactive ketones (excluding diaryl/α,β-unsaturated/α-hetero) is 1. The maximum absolute atomic E-state index is 13.0. The van der Waals surface area contributed by atoms with E-state index in [9.17, 15) is 31.2 Å². The maximum atomic E-state index is 13.0. The lowest BCUT2D eigenvalue weighted by Gasteiger charge is -2.26. The molecular weight excluding hydrogens is 483 g/mol. The Labute approximate surface area is 189 Å². The molecule has 0 aliphatic carbocycles. The zero-order valence-electron chi connectivity index (χ0n) is 16.9. The molecule has 0 spiro atoms. The Balaban J connectivity index is 1.63. The molecule has 0 fully saturated rings.